The van der Waals surface area contributed by atoms with E-state index < -0.39 is 0 Å². The Kier molecular flexibility index (Phi) is 2.02. The minimum Gasteiger partial charge on any atom is -0.381 e. The lowest BCUT2D eigenvalue weighted by Gasteiger charge is -2.04. The van der Waals surface area contributed by atoms with Crippen LogP contribution in [0.2, 0.25) is 0 Å². The van der Waals surface area contributed by atoms with Crippen LogP contribution >= 0.6 is 22.6 Å². The first-order valence-electron chi connectivity index (χ1n) is 3.80. The van der Waals surface area contributed by atoms with E-state index in [2.05, 4.69) is 52.2 Å². The van der Waals surface area contributed by atoms with Crippen molar-refractivity contribution in [3.05, 3.63) is 29.8 Å². The molecule has 0 saturated heterocycles. The summed E-state index contributed by atoms with van der Waals surface area (Å²) in [4.78, 5) is 0. The molecular weight excluding hydrogens is 249 g/mol. The van der Waals surface area contributed by atoms with E-state index in [-0.39, 0.29) is 0 Å². The van der Waals surface area contributed by atoms with Crippen LogP contribution in [0.3, 0.4) is 0 Å². The minimum absolute atomic E-state index is 0.660. The lowest BCUT2D eigenvalue weighted by atomic mass is 10.1. The first-order chi connectivity index (χ1) is 5.40. The van der Waals surface area contributed by atoms with Gasteiger partial charge in [0.2, 0.25) is 0 Å². The van der Waals surface area contributed by atoms with E-state index in [1.165, 1.54) is 22.1 Å². The summed E-state index contributed by atoms with van der Waals surface area (Å²) in [6.45, 7) is 0. The Bertz CT molecular complexity index is 234. The summed E-state index contributed by atoms with van der Waals surface area (Å²) in [6, 6.07) is 9.21. The molecule has 1 aromatic carbocycles. The van der Waals surface area contributed by atoms with Crippen molar-refractivity contribution in [2.45, 2.75) is 12.5 Å². The van der Waals surface area contributed by atoms with Crippen molar-refractivity contribution in [3.63, 3.8) is 0 Å². The van der Waals surface area contributed by atoms with Crippen LogP contribution in [0, 0.1) is 0 Å². The Labute approximate surface area is 80.3 Å². The SMILES string of the molecule is IC[C@H]1Cc2ccccc2N1. The molecule has 0 unspecified atom stereocenters. The van der Waals surface area contributed by atoms with Crippen LogP contribution in [0.4, 0.5) is 5.69 Å². The van der Waals surface area contributed by atoms with E-state index in [1.807, 2.05) is 0 Å². The normalized spacial score (nSPS) is 21.0. The number of hydrogen-bond donors (Lipinski definition) is 1. The van der Waals surface area contributed by atoms with Gasteiger partial charge in [0.05, 0.1) is 0 Å². The summed E-state index contributed by atoms with van der Waals surface area (Å²) in [6.07, 6.45) is 1.19. The van der Waals surface area contributed by atoms with Gasteiger partial charge >= 0.3 is 0 Å². The molecule has 1 aliphatic rings. The summed E-state index contributed by atoms with van der Waals surface area (Å²) in [5.74, 6) is 0. The maximum absolute atomic E-state index is 3.48. The molecule has 0 spiro atoms. The monoisotopic (exact) mass is 259 g/mol. The summed E-state index contributed by atoms with van der Waals surface area (Å²) < 4.78 is 1.19. The van der Waals surface area contributed by atoms with Gasteiger partial charge in [0.1, 0.15) is 0 Å². The van der Waals surface area contributed by atoms with Gasteiger partial charge in [-0.25, -0.2) is 0 Å². The Morgan fingerprint density at radius 1 is 1.45 bits per heavy atom. The molecule has 0 radical (unpaired) electrons. The molecule has 0 amide bonds. The predicted molar refractivity (Wildman–Crippen MR) is 56.4 cm³/mol. The third kappa shape index (κ3) is 1.36. The van der Waals surface area contributed by atoms with Gasteiger partial charge < -0.3 is 5.32 Å². The van der Waals surface area contributed by atoms with Crippen molar-refractivity contribution in [2.24, 2.45) is 0 Å². The molecule has 0 aliphatic carbocycles. The van der Waals surface area contributed by atoms with E-state index in [9.17, 15) is 0 Å². The Hall–Kier alpha value is -0.250. The third-order valence-electron chi connectivity index (χ3n) is 2.03. The molecule has 0 bridgehead atoms. The summed E-state index contributed by atoms with van der Waals surface area (Å²) in [7, 11) is 0. The molecule has 58 valence electrons. The molecule has 11 heavy (non-hydrogen) atoms. The molecule has 2 rings (SSSR count). The zero-order valence-electron chi connectivity index (χ0n) is 6.18. The average molecular weight is 259 g/mol. The van der Waals surface area contributed by atoms with Gasteiger partial charge in [0, 0.05) is 16.2 Å². The van der Waals surface area contributed by atoms with E-state index in [4.69, 9.17) is 0 Å². The highest BCUT2D eigenvalue weighted by Gasteiger charge is 2.17. The molecule has 1 aromatic rings. The number of nitrogens with one attached hydrogen (secondary N) is 1. The fourth-order valence-electron chi connectivity index (χ4n) is 1.47. The van der Waals surface area contributed by atoms with Crippen LogP contribution in [0.25, 0.3) is 0 Å². The zero-order valence-corrected chi connectivity index (χ0v) is 8.34. The van der Waals surface area contributed by atoms with Gasteiger partial charge in [0.25, 0.3) is 0 Å². The van der Waals surface area contributed by atoms with Gasteiger partial charge in [-0.1, -0.05) is 40.8 Å². The zero-order chi connectivity index (χ0) is 7.68. The van der Waals surface area contributed by atoms with E-state index in [0.717, 1.165) is 0 Å². The molecule has 0 fully saturated rings. The van der Waals surface area contributed by atoms with E-state index in [0.29, 0.717) is 6.04 Å². The van der Waals surface area contributed by atoms with E-state index in [1.54, 1.807) is 0 Å². The molecule has 1 heterocycles. The summed E-state index contributed by atoms with van der Waals surface area (Å²) in [5.41, 5.74) is 2.79. The number of fused-ring (bicyclic) bond motifs is 1. The fourth-order valence-corrected chi connectivity index (χ4v) is 2.00. The molecule has 1 nitrogen and oxygen atoms in total. The van der Waals surface area contributed by atoms with Gasteiger partial charge in [0.15, 0.2) is 0 Å². The Morgan fingerprint density at radius 3 is 3.00 bits per heavy atom. The fraction of sp³-hybridized carbons (Fsp3) is 0.333. The maximum atomic E-state index is 3.48. The highest BCUT2D eigenvalue weighted by atomic mass is 127. The van der Waals surface area contributed by atoms with Gasteiger partial charge in [-0.05, 0) is 18.1 Å². The molecule has 1 aliphatic heterocycles. The topological polar surface area (TPSA) is 12.0 Å². The standard InChI is InChI=1S/C9H10IN/c10-6-8-5-7-3-1-2-4-9(7)11-8/h1-4,8,11H,5-6H2/t8-/m1/s1. The van der Waals surface area contributed by atoms with Crippen molar-refractivity contribution >= 4 is 28.3 Å². The van der Waals surface area contributed by atoms with Gasteiger partial charge in [-0.2, -0.15) is 0 Å². The lowest BCUT2D eigenvalue weighted by molar-refractivity contribution is 0.864. The third-order valence-corrected chi connectivity index (χ3v) is 3.09. The number of benzene rings is 1. The average Bonchev–Trinajstić information content (AvgIpc) is 2.46. The second kappa shape index (κ2) is 3.01. The number of hydrogen-bond acceptors (Lipinski definition) is 1. The molecule has 2 heteroatoms. The molecule has 1 N–H and O–H groups in total. The van der Waals surface area contributed by atoms with Crippen LogP contribution < -0.4 is 5.32 Å². The number of anilines is 1. The van der Waals surface area contributed by atoms with Crippen LogP contribution in [-0.4, -0.2) is 10.5 Å². The second-order valence-electron chi connectivity index (χ2n) is 2.86. The molecular formula is C9H10IN. The highest BCUT2D eigenvalue weighted by Crippen LogP contribution is 2.25. The minimum atomic E-state index is 0.660. The number of halogens is 1. The van der Waals surface area contributed by atoms with Gasteiger partial charge in [-0.15, -0.1) is 0 Å². The van der Waals surface area contributed by atoms with Gasteiger partial charge in [-0.3, -0.25) is 0 Å². The molecule has 1 atom stereocenters. The van der Waals surface area contributed by atoms with Crippen LogP contribution in [0.15, 0.2) is 24.3 Å². The van der Waals surface area contributed by atoms with Crippen molar-refractivity contribution in [1.29, 1.82) is 0 Å². The van der Waals surface area contributed by atoms with E-state index >= 15 is 0 Å². The first kappa shape index (κ1) is 7.40. The lowest BCUT2D eigenvalue weighted by Crippen LogP contribution is -2.16. The maximum Gasteiger partial charge on any atom is 0.0391 e. The van der Waals surface area contributed by atoms with Crippen molar-refractivity contribution < 1.29 is 0 Å². The van der Waals surface area contributed by atoms with Crippen LogP contribution in [0.5, 0.6) is 0 Å². The van der Waals surface area contributed by atoms with Crippen molar-refractivity contribution in [1.82, 2.24) is 0 Å². The second-order valence-corrected chi connectivity index (χ2v) is 3.74. The van der Waals surface area contributed by atoms with Crippen LogP contribution in [-0.2, 0) is 6.42 Å². The molecule has 0 saturated carbocycles. The predicted octanol–water partition coefficient (Wildman–Crippen LogP) is 2.46. The molecule has 0 aromatic heterocycles. The highest BCUT2D eigenvalue weighted by molar-refractivity contribution is 14.1. The van der Waals surface area contributed by atoms with Crippen molar-refractivity contribution in [2.75, 3.05) is 9.74 Å². The Balaban J connectivity index is 2.27. The Morgan fingerprint density at radius 2 is 2.27 bits per heavy atom. The summed E-state index contributed by atoms with van der Waals surface area (Å²) >= 11 is 2.43. The van der Waals surface area contributed by atoms with Crippen molar-refractivity contribution in [3.8, 4) is 0 Å². The number of alkyl halides is 1. The quantitative estimate of drug-likeness (QED) is 0.603. The number of para-hydroxylation sites is 1. The smallest absolute Gasteiger partial charge is 0.0391 e. The largest absolute Gasteiger partial charge is 0.381 e. The summed E-state index contributed by atoms with van der Waals surface area (Å²) in [5, 5.41) is 3.48. The number of rotatable bonds is 1. The van der Waals surface area contributed by atoms with Crippen LogP contribution in [0.1, 0.15) is 5.56 Å². The first-order valence-corrected chi connectivity index (χ1v) is 5.33.